The second-order valence-corrected chi connectivity index (χ2v) is 8.65. The summed E-state index contributed by atoms with van der Waals surface area (Å²) in [5.74, 6) is -1.61. The average Bonchev–Trinajstić information content (AvgIpc) is 3.46. The lowest BCUT2D eigenvalue weighted by Gasteiger charge is -2.14. The van der Waals surface area contributed by atoms with Crippen molar-refractivity contribution < 1.29 is 19.5 Å². The molecule has 2 aromatic rings. The first-order chi connectivity index (χ1) is 14.8. The molecule has 158 valence electrons. The van der Waals surface area contributed by atoms with Crippen molar-refractivity contribution in [3.63, 3.8) is 0 Å². The first-order valence-electron chi connectivity index (χ1n) is 10.4. The van der Waals surface area contributed by atoms with E-state index in [4.69, 9.17) is 0 Å². The number of carbonyl (C=O) groups excluding carboxylic acids is 2. The summed E-state index contributed by atoms with van der Waals surface area (Å²) in [5.41, 5.74) is 4.23. The van der Waals surface area contributed by atoms with Crippen molar-refractivity contribution in [1.29, 1.82) is 0 Å². The van der Waals surface area contributed by atoms with Crippen molar-refractivity contribution in [2.75, 3.05) is 0 Å². The highest BCUT2D eigenvalue weighted by atomic mass is 16.4. The van der Waals surface area contributed by atoms with Crippen LogP contribution in [0, 0.1) is 44.4 Å². The van der Waals surface area contributed by atoms with Crippen molar-refractivity contribution in [2.24, 2.45) is 28.8 Å². The number of benzene rings is 1. The Balaban J connectivity index is 1.47. The fourth-order valence-electron chi connectivity index (χ4n) is 5.51. The molecule has 3 aliphatic rings. The molecule has 0 spiro atoms. The number of fused-ring (bicyclic) bond motifs is 5. The van der Waals surface area contributed by atoms with Crippen LogP contribution >= 0.6 is 0 Å². The van der Waals surface area contributed by atoms with E-state index in [1.807, 2.05) is 30.5 Å². The molecule has 1 aromatic carbocycles. The van der Waals surface area contributed by atoms with Gasteiger partial charge in [0.2, 0.25) is 0 Å². The van der Waals surface area contributed by atoms with E-state index in [0.29, 0.717) is 5.56 Å². The Labute approximate surface area is 179 Å². The van der Waals surface area contributed by atoms with E-state index in [1.54, 1.807) is 25.3 Å². The van der Waals surface area contributed by atoms with E-state index in [9.17, 15) is 19.5 Å². The van der Waals surface area contributed by atoms with Gasteiger partial charge in [0, 0.05) is 22.6 Å². The van der Waals surface area contributed by atoms with Gasteiger partial charge in [0.05, 0.1) is 23.6 Å². The predicted octanol–water partition coefficient (Wildman–Crippen LogP) is 3.24. The largest absolute Gasteiger partial charge is 0.478 e. The van der Waals surface area contributed by atoms with Crippen LogP contribution in [0.5, 0.6) is 0 Å². The highest BCUT2D eigenvalue weighted by molar-refractivity contribution is 6.06. The molecule has 0 unspecified atom stereocenters. The third kappa shape index (κ3) is 2.72. The van der Waals surface area contributed by atoms with Gasteiger partial charge in [0.1, 0.15) is 0 Å². The molecule has 7 nitrogen and oxygen atoms in total. The Bertz CT molecular complexity index is 1180. The number of carbonyl (C=O) groups is 3. The smallest absolute Gasteiger partial charge is 0.336 e. The molecule has 1 aliphatic heterocycles. The normalized spacial score (nSPS) is 26.5. The molecule has 1 N–H and O–H groups in total. The van der Waals surface area contributed by atoms with E-state index in [2.05, 4.69) is 17.3 Å². The summed E-state index contributed by atoms with van der Waals surface area (Å²) in [6.45, 7) is 5.62. The summed E-state index contributed by atoms with van der Waals surface area (Å²) >= 11 is 0. The number of imide groups is 1. The van der Waals surface area contributed by atoms with E-state index >= 15 is 0 Å². The number of allylic oxidation sites excluding steroid dienone is 2. The molecule has 5 rings (SSSR count). The Hall–Kier alpha value is -3.48. The van der Waals surface area contributed by atoms with Gasteiger partial charge in [-0.25, -0.2) is 4.79 Å². The van der Waals surface area contributed by atoms with Crippen LogP contribution in [-0.4, -0.2) is 38.7 Å². The summed E-state index contributed by atoms with van der Waals surface area (Å²) in [5, 5.41) is 14.8. The van der Waals surface area contributed by atoms with Gasteiger partial charge < -0.3 is 9.67 Å². The Morgan fingerprint density at radius 3 is 2.35 bits per heavy atom. The Morgan fingerprint density at radius 1 is 1.10 bits per heavy atom. The van der Waals surface area contributed by atoms with Gasteiger partial charge in [-0.05, 0) is 62.8 Å². The van der Waals surface area contributed by atoms with Gasteiger partial charge in [0.15, 0.2) is 0 Å². The standard InChI is InChI=1S/C24H23N3O4/c1-12-9-17(14(3)26(12)19-6-4-5-18(13(19)2)24(30)31)11-25-27-22(28)20-15-7-8-16(10-15)21(20)23(27)29/h4-9,11,15-16,20-21H,10H2,1-3H3,(H,30,31)/t15-,16-,20-,21+/m0/s1. The molecule has 0 radical (unpaired) electrons. The summed E-state index contributed by atoms with van der Waals surface area (Å²) < 4.78 is 1.97. The van der Waals surface area contributed by atoms with Crippen LogP contribution in [0.3, 0.4) is 0 Å². The number of aromatic carboxylic acids is 1. The maximum atomic E-state index is 12.8. The molecule has 2 bridgehead atoms. The SMILES string of the molecule is Cc1c(C(=O)O)cccc1-n1c(C)cc(C=NN2C(=O)[C@@H]3[C@H](C2=O)[C@H]2C=C[C@H]3C2)c1C. The van der Waals surface area contributed by atoms with Gasteiger partial charge in [-0.15, -0.1) is 0 Å². The molecular formula is C24H23N3O4. The van der Waals surface area contributed by atoms with E-state index < -0.39 is 5.97 Å². The summed E-state index contributed by atoms with van der Waals surface area (Å²) in [7, 11) is 0. The lowest BCUT2D eigenvalue weighted by molar-refractivity contribution is -0.140. The van der Waals surface area contributed by atoms with E-state index in [0.717, 1.165) is 34.1 Å². The second-order valence-electron chi connectivity index (χ2n) is 8.65. The monoisotopic (exact) mass is 417 g/mol. The van der Waals surface area contributed by atoms with Crippen molar-refractivity contribution >= 4 is 24.0 Å². The van der Waals surface area contributed by atoms with Gasteiger partial charge in [0.25, 0.3) is 11.8 Å². The molecule has 1 saturated carbocycles. The van der Waals surface area contributed by atoms with Crippen LogP contribution in [0.2, 0.25) is 0 Å². The molecule has 1 saturated heterocycles. The van der Waals surface area contributed by atoms with Crippen LogP contribution in [0.15, 0.2) is 41.5 Å². The number of aromatic nitrogens is 1. The molecule has 7 heteroatoms. The van der Waals surface area contributed by atoms with E-state index in [1.165, 1.54) is 0 Å². The molecule has 4 atom stereocenters. The molecule has 2 heterocycles. The molecule has 1 aromatic heterocycles. The molecule has 31 heavy (non-hydrogen) atoms. The number of hydrazone groups is 1. The Kier molecular flexibility index (Phi) is 4.25. The minimum atomic E-state index is -0.969. The second kappa shape index (κ2) is 6.77. The maximum absolute atomic E-state index is 12.8. The first-order valence-corrected chi connectivity index (χ1v) is 10.4. The zero-order valence-corrected chi connectivity index (χ0v) is 17.6. The Morgan fingerprint density at radius 2 is 1.74 bits per heavy atom. The third-order valence-corrected chi connectivity index (χ3v) is 7.01. The number of carboxylic acids is 1. The lowest BCUT2D eigenvalue weighted by Crippen LogP contribution is -2.28. The molecule has 2 fully saturated rings. The number of carboxylic acid groups (broad SMARTS) is 1. The number of hydrogen-bond donors (Lipinski definition) is 1. The lowest BCUT2D eigenvalue weighted by atomic mass is 9.85. The molecular weight excluding hydrogens is 394 g/mol. The highest BCUT2D eigenvalue weighted by Gasteiger charge is 2.59. The van der Waals surface area contributed by atoms with Crippen LogP contribution in [0.4, 0.5) is 0 Å². The number of hydrogen-bond acceptors (Lipinski definition) is 4. The summed E-state index contributed by atoms with van der Waals surface area (Å²) in [4.78, 5) is 37.2. The van der Waals surface area contributed by atoms with Crippen LogP contribution in [0.1, 0.15) is 39.3 Å². The first kappa shape index (κ1) is 19.5. The molecule has 2 aliphatic carbocycles. The summed E-state index contributed by atoms with van der Waals surface area (Å²) in [6.07, 6.45) is 6.57. The van der Waals surface area contributed by atoms with Crippen molar-refractivity contribution in [1.82, 2.24) is 9.58 Å². The minimum absolute atomic E-state index is 0.154. The van der Waals surface area contributed by atoms with E-state index in [-0.39, 0.29) is 41.0 Å². The highest BCUT2D eigenvalue weighted by Crippen LogP contribution is 2.52. The summed E-state index contributed by atoms with van der Waals surface area (Å²) in [6, 6.07) is 7.10. The van der Waals surface area contributed by atoms with Crippen molar-refractivity contribution in [2.45, 2.75) is 27.2 Å². The molecule has 2 amide bonds. The van der Waals surface area contributed by atoms with Gasteiger partial charge >= 0.3 is 5.97 Å². The van der Waals surface area contributed by atoms with Gasteiger partial charge in [-0.1, -0.05) is 18.2 Å². The van der Waals surface area contributed by atoms with Gasteiger partial charge in [-0.2, -0.15) is 10.1 Å². The van der Waals surface area contributed by atoms with Crippen LogP contribution < -0.4 is 0 Å². The van der Waals surface area contributed by atoms with Crippen LogP contribution in [0.25, 0.3) is 5.69 Å². The number of amides is 2. The fraction of sp³-hybridized carbons (Fsp3) is 0.333. The third-order valence-electron chi connectivity index (χ3n) is 7.01. The van der Waals surface area contributed by atoms with Gasteiger partial charge in [-0.3, -0.25) is 9.59 Å². The number of nitrogens with zero attached hydrogens (tertiary/aromatic N) is 3. The number of aryl methyl sites for hydroxylation is 1. The fourth-order valence-corrected chi connectivity index (χ4v) is 5.51. The zero-order chi connectivity index (χ0) is 22.0. The van der Waals surface area contributed by atoms with Crippen LogP contribution in [-0.2, 0) is 9.59 Å². The number of rotatable bonds is 4. The topological polar surface area (TPSA) is 92.0 Å². The predicted molar refractivity (Wildman–Crippen MR) is 114 cm³/mol. The quantitative estimate of drug-likeness (QED) is 0.470. The van der Waals surface area contributed by atoms with Crippen molar-refractivity contribution in [3.8, 4) is 5.69 Å². The van der Waals surface area contributed by atoms with Crippen molar-refractivity contribution in [3.05, 3.63) is 64.5 Å². The average molecular weight is 417 g/mol. The minimum Gasteiger partial charge on any atom is -0.478 e. The maximum Gasteiger partial charge on any atom is 0.336 e. The zero-order valence-electron chi connectivity index (χ0n) is 17.6.